The molecule has 27 heavy (non-hydrogen) atoms. The second-order valence-electron chi connectivity index (χ2n) is 7.08. The van der Waals surface area contributed by atoms with Gasteiger partial charge in [0.25, 0.3) is 5.91 Å². The Bertz CT molecular complexity index is 830. The predicted octanol–water partition coefficient (Wildman–Crippen LogP) is 3.54. The lowest BCUT2D eigenvalue weighted by Crippen LogP contribution is -2.35. The maximum Gasteiger partial charge on any atom is 0.253 e. The molecule has 2 aromatic rings. The van der Waals surface area contributed by atoms with Gasteiger partial charge in [-0.15, -0.1) is 6.58 Å². The van der Waals surface area contributed by atoms with E-state index in [9.17, 15) is 4.79 Å². The van der Waals surface area contributed by atoms with Crippen LogP contribution in [0.1, 0.15) is 33.7 Å². The summed E-state index contributed by atoms with van der Waals surface area (Å²) in [5.41, 5.74) is 3.55. The van der Waals surface area contributed by atoms with E-state index in [4.69, 9.17) is 11.6 Å². The molecule has 1 saturated heterocycles. The summed E-state index contributed by atoms with van der Waals surface area (Å²) in [6, 6.07) is 7.83. The number of hydrogen-bond donors (Lipinski definition) is 0. The predicted molar refractivity (Wildman–Crippen MR) is 109 cm³/mol. The molecule has 1 fully saturated rings. The molecule has 0 aliphatic carbocycles. The molecule has 1 aliphatic rings. The molecule has 0 radical (unpaired) electrons. The van der Waals surface area contributed by atoms with Crippen LogP contribution in [0.2, 0.25) is 5.02 Å². The van der Waals surface area contributed by atoms with Crippen molar-refractivity contribution in [3.8, 4) is 0 Å². The number of amides is 1. The van der Waals surface area contributed by atoms with Crippen LogP contribution in [0.4, 0.5) is 0 Å². The number of rotatable bonds is 5. The molecule has 3 rings (SSSR count). The summed E-state index contributed by atoms with van der Waals surface area (Å²) in [5.74, 6) is 0.101. The van der Waals surface area contributed by atoms with Crippen molar-refractivity contribution >= 4 is 17.5 Å². The minimum absolute atomic E-state index is 0.101. The van der Waals surface area contributed by atoms with Crippen LogP contribution in [0.5, 0.6) is 0 Å². The van der Waals surface area contributed by atoms with Gasteiger partial charge in [0.05, 0.1) is 23.0 Å². The minimum atomic E-state index is 0.101. The molecular formula is C21H27ClN4O. The summed E-state index contributed by atoms with van der Waals surface area (Å²) in [4.78, 5) is 17.3. The zero-order chi connectivity index (χ0) is 19.4. The van der Waals surface area contributed by atoms with Gasteiger partial charge in [-0.2, -0.15) is 5.10 Å². The van der Waals surface area contributed by atoms with E-state index in [0.29, 0.717) is 11.6 Å². The standard InChI is InChI=1S/C21H27ClN4O/c1-4-9-24-10-6-11-25(13-12-24)21(27)19-8-5-7-18(14-19)15-26-17(3)20(22)16(2)23-26/h4-5,7-8,14H,1,6,9-13,15H2,2-3H3. The molecule has 0 spiro atoms. The summed E-state index contributed by atoms with van der Waals surface area (Å²) in [5, 5.41) is 5.19. The van der Waals surface area contributed by atoms with Crippen LogP contribution in [0, 0.1) is 13.8 Å². The van der Waals surface area contributed by atoms with E-state index in [1.54, 1.807) is 0 Å². The van der Waals surface area contributed by atoms with Crippen molar-refractivity contribution in [2.45, 2.75) is 26.8 Å². The van der Waals surface area contributed by atoms with E-state index >= 15 is 0 Å². The van der Waals surface area contributed by atoms with E-state index in [-0.39, 0.29) is 5.91 Å². The summed E-state index contributed by atoms with van der Waals surface area (Å²) in [7, 11) is 0. The van der Waals surface area contributed by atoms with Crippen LogP contribution in [0.3, 0.4) is 0 Å². The molecule has 144 valence electrons. The van der Waals surface area contributed by atoms with Gasteiger partial charge in [-0.05, 0) is 38.0 Å². The molecule has 1 aliphatic heterocycles. The van der Waals surface area contributed by atoms with Gasteiger partial charge in [0.15, 0.2) is 0 Å². The molecule has 0 unspecified atom stereocenters. The maximum atomic E-state index is 13.0. The van der Waals surface area contributed by atoms with E-state index in [0.717, 1.165) is 61.7 Å². The van der Waals surface area contributed by atoms with Gasteiger partial charge in [-0.25, -0.2) is 0 Å². The maximum absolute atomic E-state index is 13.0. The highest BCUT2D eigenvalue weighted by molar-refractivity contribution is 6.31. The first-order valence-corrected chi connectivity index (χ1v) is 9.78. The first kappa shape index (κ1) is 19.6. The highest BCUT2D eigenvalue weighted by Crippen LogP contribution is 2.20. The normalized spacial score (nSPS) is 15.6. The van der Waals surface area contributed by atoms with Crippen molar-refractivity contribution in [2.75, 3.05) is 32.7 Å². The number of halogens is 1. The highest BCUT2D eigenvalue weighted by Gasteiger charge is 2.20. The number of aryl methyl sites for hydroxylation is 1. The van der Waals surface area contributed by atoms with Crippen molar-refractivity contribution in [3.63, 3.8) is 0 Å². The second kappa shape index (κ2) is 8.72. The van der Waals surface area contributed by atoms with Gasteiger partial charge in [0.1, 0.15) is 0 Å². The molecule has 6 heteroatoms. The first-order valence-electron chi connectivity index (χ1n) is 9.40. The van der Waals surface area contributed by atoms with Gasteiger partial charge in [0.2, 0.25) is 0 Å². The number of benzene rings is 1. The Kier molecular flexibility index (Phi) is 6.34. The number of hydrogen-bond acceptors (Lipinski definition) is 3. The smallest absolute Gasteiger partial charge is 0.253 e. The zero-order valence-electron chi connectivity index (χ0n) is 16.1. The molecule has 0 N–H and O–H groups in total. The molecule has 1 amide bonds. The Labute approximate surface area is 166 Å². The molecule has 0 atom stereocenters. The molecule has 0 bridgehead atoms. The van der Waals surface area contributed by atoms with Crippen molar-refractivity contribution < 1.29 is 4.79 Å². The summed E-state index contributed by atoms with van der Waals surface area (Å²) in [6.45, 7) is 12.6. The van der Waals surface area contributed by atoms with E-state index < -0.39 is 0 Å². The Morgan fingerprint density at radius 1 is 1.26 bits per heavy atom. The van der Waals surface area contributed by atoms with Gasteiger partial charge in [-0.3, -0.25) is 14.4 Å². The third kappa shape index (κ3) is 4.60. The molecular weight excluding hydrogens is 360 g/mol. The third-order valence-electron chi connectivity index (χ3n) is 5.06. The Hall–Kier alpha value is -2.11. The second-order valence-corrected chi connectivity index (χ2v) is 7.46. The molecule has 2 heterocycles. The quantitative estimate of drug-likeness (QED) is 0.738. The van der Waals surface area contributed by atoms with E-state index in [1.807, 2.05) is 53.8 Å². The zero-order valence-corrected chi connectivity index (χ0v) is 16.9. The lowest BCUT2D eigenvalue weighted by atomic mass is 10.1. The fourth-order valence-electron chi connectivity index (χ4n) is 3.53. The van der Waals surface area contributed by atoms with Crippen LogP contribution in [0.15, 0.2) is 36.9 Å². The van der Waals surface area contributed by atoms with Crippen LogP contribution < -0.4 is 0 Å². The largest absolute Gasteiger partial charge is 0.337 e. The van der Waals surface area contributed by atoms with Crippen molar-refractivity contribution in [1.29, 1.82) is 0 Å². The van der Waals surface area contributed by atoms with Crippen LogP contribution in [-0.2, 0) is 6.54 Å². The lowest BCUT2D eigenvalue weighted by molar-refractivity contribution is 0.0762. The fourth-order valence-corrected chi connectivity index (χ4v) is 3.66. The highest BCUT2D eigenvalue weighted by atomic mass is 35.5. The average molecular weight is 387 g/mol. The molecule has 5 nitrogen and oxygen atoms in total. The van der Waals surface area contributed by atoms with Gasteiger partial charge < -0.3 is 4.90 Å². The van der Waals surface area contributed by atoms with Gasteiger partial charge in [-0.1, -0.05) is 29.8 Å². The summed E-state index contributed by atoms with van der Waals surface area (Å²) >= 11 is 6.24. The summed E-state index contributed by atoms with van der Waals surface area (Å²) in [6.07, 6.45) is 2.91. The van der Waals surface area contributed by atoms with E-state index in [2.05, 4.69) is 16.6 Å². The number of aromatic nitrogens is 2. The monoisotopic (exact) mass is 386 g/mol. The van der Waals surface area contributed by atoms with Crippen LogP contribution in [0.25, 0.3) is 0 Å². The van der Waals surface area contributed by atoms with Gasteiger partial charge >= 0.3 is 0 Å². The van der Waals surface area contributed by atoms with Crippen molar-refractivity contribution in [2.24, 2.45) is 0 Å². The van der Waals surface area contributed by atoms with Crippen LogP contribution >= 0.6 is 11.6 Å². The average Bonchev–Trinajstić information content (AvgIpc) is 2.85. The Morgan fingerprint density at radius 2 is 2.07 bits per heavy atom. The fraction of sp³-hybridized carbons (Fsp3) is 0.429. The molecule has 1 aromatic heterocycles. The number of carbonyl (C=O) groups excluding carboxylic acids is 1. The lowest BCUT2D eigenvalue weighted by Gasteiger charge is -2.21. The van der Waals surface area contributed by atoms with Gasteiger partial charge in [0, 0.05) is 38.3 Å². The number of nitrogens with zero attached hydrogens (tertiary/aromatic N) is 4. The van der Waals surface area contributed by atoms with Crippen molar-refractivity contribution in [3.05, 3.63) is 64.5 Å². The van der Waals surface area contributed by atoms with Crippen molar-refractivity contribution in [1.82, 2.24) is 19.6 Å². The van der Waals surface area contributed by atoms with Crippen LogP contribution in [-0.4, -0.2) is 58.2 Å². The van der Waals surface area contributed by atoms with E-state index in [1.165, 1.54) is 0 Å². The Balaban J connectivity index is 1.72. The summed E-state index contributed by atoms with van der Waals surface area (Å²) < 4.78 is 1.89. The minimum Gasteiger partial charge on any atom is -0.337 e. The first-order chi connectivity index (χ1) is 13.0. The number of carbonyl (C=O) groups is 1. The molecule has 0 saturated carbocycles. The topological polar surface area (TPSA) is 41.4 Å². The Morgan fingerprint density at radius 3 is 2.78 bits per heavy atom. The third-order valence-corrected chi connectivity index (χ3v) is 5.61. The molecule has 1 aromatic carbocycles. The SMILES string of the molecule is C=CCN1CCCN(C(=O)c2cccc(Cn3nc(C)c(Cl)c3C)c2)CC1.